The third-order valence-corrected chi connectivity index (χ3v) is 7.31. The number of thioether (sulfide) groups is 1. The lowest BCUT2D eigenvalue weighted by molar-refractivity contribution is 0.885. The van der Waals surface area contributed by atoms with Crippen molar-refractivity contribution >= 4 is 49.9 Å². The van der Waals surface area contributed by atoms with Gasteiger partial charge in [0, 0.05) is 16.7 Å². The Labute approximate surface area is 184 Å². The van der Waals surface area contributed by atoms with Crippen molar-refractivity contribution in [1.29, 1.82) is 0 Å². The number of nitrogens with zero attached hydrogens (tertiary/aromatic N) is 4. The summed E-state index contributed by atoms with van der Waals surface area (Å²) in [6.07, 6.45) is 0. The molecule has 0 amide bonds. The maximum Gasteiger partial charge on any atom is 0.348 e. The molecule has 0 saturated heterocycles. The first kappa shape index (κ1) is 18.3. The number of hydrogen-bond acceptors (Lipinski definition) is 6. The number of fused-ring (bicyclic) bond motifs is 4. The zero-order valence-electron chi connectivity index (χ0n) is 16.1. The Bertz CT molecular complexity index is 1580. The van der Waals surface area contributed by atoms with Gasteiger partial charge in [-0.05, 0) is 29.8 Å². The first-order valence-corrected chi connectivity index (χ1v) is 11.5. The Morgan fingerprint density at radius 1 is 0.935 bits per heavy atom. The summed E-state index contributed by atoms with van der Waals surface area (Å²) in [6.45, 7) is 0. The SMILES string of the molecule is O=c1[nH]c2ccccc2c2nc(-c3ccc(CSc4nc5ccccc5s4)cc3)nn12. The van der Waals surface area contributed by atoms with Crippen LogP contribution in [0.2, 0.25) is 0 Å². The van der Waals surface area contributed by atoms with Gasteiger partial charge in [-0.2, -0.15) is 4.52 Å². The smallest absolute Gasteiger partial charge is 0.305 e. The van der Waals surface area contributed by atoms with Crippen LogP contribution in [0.5, 0.6) is 0 Å². The monoisotopic (exact) mass is 441 g/mol. The molecule has 8 heteroatoms. The molecule has 6 rings (SSSR count). The summed E-state index contributed by atoms with van der Waals surface area (Å²) in [5, 5.41) is 5.29. The minimum atomic E-state index is -0.295. The van der Waals surface area contributed by atoms with Crippen LogP contribution in [0.25, 0.3) is 38.2 Å². The molecule has 0 aliphatic carbocycles. The number of hydrogen-bond donors (Lipinski definition) is 1. The average Bonchev–Trinajstić information content (AvgIpc) is 3.43. The largest absolute Gasteiger partial charge is 0.348 e. The Morgan fingerprint density at radius 3 is 2.61 bits per heavy atom. The first-order valence-electron chi connectivity index (χ1n) is 9.70. The number of benzene rings is 3. The van der Waals surface area contributed by atoms with Gasteiger partial charge >= 0.3 is 5.69 Å². The molecule has 150 valence electrons. The second-order valence-electron chi connectivity index (χ2n) is 7.08. The maximum absolute atomic E-state index is 12.4. The number of H-pyrrole nitrogens is 1. The standard InChI is InChI=1S/C23H15N5OS2/c29-22-24-17-6-2-1-5-16(17)21-26-20(27-28(21)22)15-11-9-14(10-12-15)13-30-23-25-18-7-3-4-8-19(18)31-23/h1-12H,13H2,(H,24,29). The summed E-state index contributed by atoms with van der Waals surface area (Å²) in [4.78, 5) is 24.5. The molecule has 0 saturated carbocycles. The summed E-state index contributed by atoms with van der Waals surface area (Å²) in [7, 11) is 0. The van der Waals surface area contributed by atoms with Crippen LogP contribution in [0.3, 0.4) is 0 Å². The van der Waals surface area contributed by atoms with E-state index in [0.717, 1.165) is 32.1 Å². The van der Waals surface area contributed by atoms with Crippen molar-refractivity contribution < 1.29 is 0 Å². The van der Waals surface area contributed by atoms with E-state index in [0.29, 0.717) is 11.5 Å². The van der Waals surface area contributed by atoms with Gasteiger partial charge in [-0.25, -0.2) is 14.8 Å². The lowest BCUT2D eigenvalue weighted by Gasteiger charge is -2.00. The molecule has 31 heavy (non-hydrogen) atoms. The minimum Gasteiger partial charge on any atom is -0.305 e. The predicted molar refractivity (Wildman–Crippen MR) is 126 cm³/mol. The molecule has 3 aromatic heterocycles. The van der Waals surface area contributed by atoms with Gasteiger partial charge in [0.05, 0.1) is 15.7 Å². The minimum absolute atomic E-state index is 0.295. The Morgan fingerprint density at radius 2 is 1.74 bits per heavy atom. The van der Waals surface area contributed by atoms with Crippen LogP contribution in [-0.4, -0.2) is 24.6 Å². The summed E-state index contributed by atoms with van der Waals surface area (Å²) >= 11 is 3.45. The van der Waals surface area contributed by atoms with Crippen molar-refractivity contribution in [2.24, 2.45) is 0 Å². The van der Waals surface area contributed by atoms with E-state index in [1.807, 2.05) is 54.6 Å². The summed E-state index contributed by atoms with van der Waals surface area (Å²) in [5.41, 5.74) is 4.13. The van der Waals surface area contributed by atoms with E-state index in [1.165, 1.54) is 14.8 Å². The van der Waals surface area contributed by atoms with E-state index in [4.69, 9.17) is 0 Å². The third kappa shape index (κ3) is 3.30. The topological polar surface area (TPSA) is 75.9 Å². The highest BCUT2D eigenvalue weighted by atomic mass is 32.2. The number of para-hydroxylation sites is 2. The van der Waals surface area contributed by atoms with Crippen molar-refractivity contribution in [3.63, 3.8) is 0 Å². The molecule has 0 aliphatic heterocycles. The molecular weight excluding hydrogens is 426 g/mol. The predicted octanol–water partition coefficient (Wildman–Crippen LogP) is 5.14. The van der Waals surface area contributed by atoms with Crippen LogP contribution in [0.4, 0.5) is 0 Å². The van der Waals surface area contributed by atoms with Crippen LogP contribution >= 0.6 is 23.1 Å². The second kappa shape index (κ2) is 7.33. The molecule has 0 aliphatic rings. The van der Waals surface area contributed by atoms with Crippen molar-refractivity contribution in [3.05, 3.63) is 88.8 Å². The number of nitrogens with one attached hydrogen (secondary N) is 1. The van der Waals surface area contributed by atoms with Gasteiger partial charge in [0.1, 0.15) is 0 Å². The fourth-order valence-corrected chi connectivity index (χ4v) is 5.54. The van der Waals surface area contributed by atoms with Crippen molar-refractivity contribution in [3.8, 4) is 11.4 Å². The molecule has 0 fully saturated rings. The number of aromatic amines is 1. The Hall–Kier alpha value is -3.49. The van der Waals surface area contributed by atoms with Gasteiger partial charge in [-0.1, -0.05) is 60.3 Å². The van der Waals surface area contributed by atoms with E-state index in [-0.39, 0.29) is 5.69 Å². The lowest BCUT2D eigenvalue weighted by Crippen LogP contribution is -2.17. The number of rotatable bonds is 4. The first-order chi connectivity index (χ1) is 15.2. The lowest BCUT2D eigenvalue weighted by atomic mass is 10.1. The summed E-state index contributed by atoms with van der Waals surface area (Å²) in [6, 6.07) is 23.9. The average molecular weight is 442 g/mol. The molecule has 0 atom stereocenters. The van der Waals surface area contributed by atoms with Gasteiger partial charge < -0.3 is 4.98 Å². The van der Waals surface area contributed by atoms with E-state index >= 15 is 0 Å². The van der Waals surface area contributed by atoms with Gasteiger partial charge in [0.25, 0.3) is 0 Å². The Kier molecular flexibility index (Phi) is 4.33. The van der Waals surface area contributed by atoms with Gasteiger partial charge in [0.2, 0.25) is 0 Å². The van der Waals surface area contributed by atoms with Crippen LogP contribution in [0.15, 0.2) is 81.9 Å². The van der Waals surface area contributed by atoms with Gasteiger partial charge in [-0.15, -0.1) is 16.4 Å². The third-order valence-electron chi connectivity index (χ3n) is 5.06. The molecule has 0 unspecified atom stereocenters. The van der Waals surface area contributed by atoms with Gasteiger partial charge in [0.15, 0.2) is 15.8 Å². The maximum atomic E-state index is 12.4. The van der Waals surface area contributed by atoms with Crippen molar-refractivity contribution in [2.45, 2.75) is 10.1 Å². The van der Waals surface area contributed by atoms with Crippen LogP contribution < -0.4 is 5.69 Å². The highest BCUT2D eigenvalue weighted by Crippen LogP contribution is 2.31. The van der Waals surface area contributed by atoms with E-state index < -0.39 is 0 Å². The van der Waals surface area contributed by atoms with Crippen LogP contribution in [-0.2, 0) is 5.75 Å². The molecule has 1 N–H and O–H groups in total. The number of thiazole rings is 1. The summed E-state index contributed by atoms with van der Waals surface area (Å²) < 4.78 is 3.60. The highest BCUT2D eigenvalue weighted by molar-refractivity contribution is 8.00. The van der Waals surface area contributed by atoms with Crippen molar-refractivity contribution in [2.75, 3.05) is 0 Å². The molecule has 3 heterocycles. The second-order valence-corrected chi connectivity index (χ2v) is 9.33. The molecule has 0 spiro atoms. The normalized spacial score (nSPS) is 11.6. The Balaban J connectivity index is 1.27. The summed E-state index contributed by atoms with van der Waals surface area (Å²) in [5.74, 6) is 1.37. The molecule has 6 aromatic rings. The molecular formula is C23H15N5OS2. The van der Waals surface area contributed by atoms with Crippen LogP contribution in [0, 0.1) is 0 Å². The molecule has 0 bridgehead atoms. The van der Waals surface area contributed by atoms with E-state index in [2.05, 4.69) is 38.2 Å². The zero-order chi connectivity index (χ0) is 20.8. The zero-order valence-corrected chi connectivity index (χ0v) is 17.8. The van der Waals surface area contributed by atoms with Gasteiger partial charge in [-0.3, -0.25) is 0 Å². The highest BCUT2D eigenvalue weighted by Gasteiger charge is 2.12. The van der Waals surface area contributed by atoms with E-state index in [9.17, 15) is 4.79 Å². The fraction of sp³-hybridized carbons (Fsp3) is 0.0435. The fourth-order valence-electron chi connectivity index (χ4n) is 3.51. The van der Waals surface area contributed by atoms with E-state index in [1.54, 1.807) is 23.1 Å². The van der Waals surface area contributed by atoms with Crippen molar-refractivity contribution in [1.82, 2.24) is 24.6 Å². The number of aromatic nitrogens is 5. The molecule has 6 nitrogen and oxygen atoms in total. The quantitative estimate of drug-likeness (QED) is 0.383. The van der Waals surface area contributed by atoms with Crippen LogP contribution in [0.1, 0.15) is 5.56 Å². The molecule has 3 aromatic carbocycles. The molecule has 0 radical (unpaired) electrons.